The second-order valence-corrected chi connectivity index (χ2v) is 5.96. The van der Waals surface area contributed by atoms with Crippen molar-refractivity contribution in [3.8, 4) is 11.5 Å². The van der Waals surface area contributed by atoms with Crippen molar-refractivity contribution in [3.63, 3.8) is 0 Å². The van der Waals surface area contributed by atoms with Crippen LogP contribution < -0.4 is 25.4 Å². The summed E-state index contributed by atoms with van der Waals surface area (Å²) in [6.45, 7) is 4.35. The fourth-order valence-corrected chi connectivity index (χ4v) is 2.47. The number of benzene rings is 2. The summed E-state index contributed by atoms with van der Waals surface area (Å²) in [7, 11) is 3.22. The first kappa shape index (κ1) is 21.1. The van der Waals surface area contributed by atoms with Gasteiger partial charge in [-0.1, -0.05) is 18.2 Å². The number of rotatable bonds is 9. The third kappa shape index (κ3) is 6.83. The molecule has 0 unspecified atom stereocenters. The highest BCUT2D eigenvalue weighted by molar-refractivity contribution is 5.94. The zero-order chi connectivity index (χ0) is 20.2. The third-order valence-electron chi connectivity index (χ3n) is 3.96. The number of hydrogen-bond acceptors (Lipinski definition) is 4. The Bertz CT molecular complexity index is 775. The molecule has 150 valence electrons. The summed E-state index contributed by atoms with van der Waals surface area (Å²) in [5, 5.41) is 9.29. The van der Waals surface area contributed by atoms with E-state index in [1.807, 2.05) is 31.2 Å². The number of aliphatic imine (C=N–C) groups is 1. The fourth-order valence-electron chi connectivity index (χ4n) is 2.47. The molecule has 7 nitrogen and oxygen atoms in total. The highest BCUT2D eigenvalue weighted by Crippen LogP contribution is 2.12. The number of guanidine groups is 1. The largest absolute Gasteiger partial charge is 0.497 e. The van der Waals surface area contributed by atoms with Crippen LogP contribution in [0.15, 0.2) is 53.5 Å². The molecule has 0 aliphatic heterocycles. The van der Waals surface area contributed by atoms with Crippen LogP contribution in [0.5, 0.6) is 11.5 Å². The van der Waals surface area contributed by atoms with E-state index in [0.717, 1.165) is 17.9 Å². The Morgan fingerprint density at radius 1 is 0.929 bits per heavy atom. The fraction of sp³-hybridized carbons (Fsp3) is 0.333. The van der Waals surface area contributed by atoms with Crippen LogP contribution in [0.3, 0.4) is 0 Å². The van der Waals surface area contributed by atoms with E-state index in [0.29, 0.717) is 36.9 Å². The molecule has 0 atom stereocenters. The molecule has 0 spiro atoms. The number of nitrogens with one attached hydrogen (secondary N) is 3. The van der Waals surface area contributed by atoms with E-state index in [2.05, 4.69) is 20.9 Å². The number of methoxy groups -OCH3 is 2. The van der Waals surface area contributed by atoms with Crippen LogP contribution in [0.4, 0.5) is 0 Å². The minimum Gasteiger partial charge on any atom is -0.497 e. The predicted octanol–water partition coefficient (Wildman–Crippen LogP) is 2.19. The van der Waals surface area contributed by atoms with Gasteiger partial charge in [0.05, 0.1) is 20.8 Å². The van der Waals surface area contributed by atoms with Gasteiger partial charge >= 0.3 is 0 Å². The van der Waals surface area contributed by atoms with Gasteiger partial charge in [0, 0.05) is 25.2 Å². The average molecular weight is 384 g/mol. The molecule has 2 aromatic carbocycles. The monoisotopic (exact) mass is 384 g/mol. The first-order chi connectivity index (χ1) is 13.7. The first-order valence-electron chi connectivity index (χ1n) is 9.23. The van der Waals surface area contributed by atoms with E-state index in [-0.39, 0.29) is 5.91 Å². The normalized spacial score (nSPS) is 10.9. The minimum atomic E-state index is -0.138. The first-order valence-corrected chi connectivity index (χ1v) is 9.23. The maximum atomic E-state index is 12.2. The molecule has 0 heterocycles. The SMILES string of the molecule is CCNC(=NCc1ccc(OC)cc1)NCCNC(=O)c1cccc(OC)c1. The lowest BCUT2D eigenvalue weighted by atomic mass is 10.2. The lowest BCUT2D eigenvalue weighted by Crippen LogP contribution is -2.41. The van der Waals surface area contributed by atoms with E-state index in [9.17, 15) is 4.79 Å². The van der Waals surface area contributed by atoms with Gasteiger partial charge in [-0.15, -0.1) is 0 Å². The summed E-state index contributed by atoms with van der Waals surface area (Å²) in [6.07, 6.45) is 0. The molecule has 3 N–H and O–H groups in total. The maximum Gasteiger partial charge on any atom is 0.251 e. The summed E-state index contributed by atoms with van der Waals surface area (Å²) < 4.78 is 10.3. The van der Waals surface area contributed by atoms with E-state index in [1.54, 1.807) is 38.5 Å². The van der Waals surface area contributed by atoms with Crippen LogP contribution in [-0.2, 0) is 6.54 Å². The average Bonchev–Trinajstić information content (AvgIpc) is 2.75. The number of nitrogens with zero attached hydrogens (tertiary/aromatic N) is 1. The van der Waals surface area contributed by atoms with Crippen LogP contribution in [-0.4, -0.2) is 45.7 Å². The Labute approximate surface area is 166 Å². The van der Waals surface area contributed by atoms with E-state index in [4.69, 9.17) is 9.47 Å². The van der Waals surface area contributed by atoms with Gasteiger partial charge < -0.3 is 25.4 Å². The molecule has 2 aromatic rings. The Hall–Kier alpha value is -3.22. The number of carbonyl (C=O) groups is 1. The Morgan fingerprint density at radius 3 is 2.32 bits per heavy atom. The molecule has 0 radical (unpaired) electrons. The number of ether oxygens (including phenoxy) is 2. The van der Waals surface area contributed by atoms with Gasteiger partial charge in [-0.2, -0.15) is 0 Å². The lowest BCUT2D eigenvalue weighted by molar-refractivity contribution is 0.0954. The van der Waals surface area contributed by atoms with Crippen molar-refractivity contribution < 1.29 is 14.3 Å². The number of carbonyl (C=O) groups excluding carboxylic acids is 1. The second-order valence-electron chi connectivity index (χ2n) is 5.96. The van der Waals surface area contributed by atoms with E-state index >= 15 is 0 Å². The third-order valence-corrected chi connectivity index (χ3v) is 3.96. The summed E-state index contributed by atoms with van der Waals surface area (Å²) in [4.78, 5) is 16.8. The Morgan fingerprint density at radius 2 is 1.64 bits per heavy atom. The molecular weight excluding hydrogens is 356 g/mol. The molecule has 0 aliphatic rings. The van der Waals surface area contributed by atoms with Gasteiger partial charge in [0.1, 0.15) is 11.5 Å². The van der Waals surface area contributed by atoms with Crippen LogP contribution in [0.1, 0.15) is 22.8 Å². The molecule has 0 fully saturated rings. The van der Waals surface area contributed by atoms with Gasteiger partial charge in [-0.25, -0.2) is 4.99 Å². The molecule has 2 rings (SSSR count). The van der Waals surface area contributed by atoms with Gasteiger partial charge in [0.25, 0.3) is 5.91 Å². The second kappa shape index (κ2) is 11.5. The van der Waals surface area contributed by atoms with Gasteiger partial charge in [-0.3, -0.25) is 4.79 Å². The molecule has 28 heavy (non-hydrogen) atoms. The molecule has 0 aromatic heterocycles. The Kier molecular flexibility index (Phi) is 8.65. The van der Waals surface area contributed by atoms with E-state index < -0.39 is 0 Å². The van der Waals surface area contributed by atoms with Gasteiger partial charge in [0.2, 0.25) is 0 Å². The number of amides is 1. The minimum absolute atomic E-state index is 0.138. The topological polar surface area (TPSA) is 84.0 Å². The van der Waals surface area contributed by atoms with Crippen molar-refractivity contribution in [3.05, 3.63) is 59.7 Å². The zero-order valence-corrected chi connectivity index (χ0v) is 16.6. The molecule has 0 saturated carbocycles. The summed E-state index contributed by atoms with van der Waals surface area (Å²) >= 11 is 0. The molecule has 7 heteroatoms. The Balaban J connectivity index is 1.80. The van der Waals surface area contributed by atoms with E-state index in [1.165, 1.54) is 0 Å². The highest BCUT2D eigenvalue weighted by atomic mass is 16.5. The number of hydrogen-bond donors (Lipinski definition) is 3. The van der Waals surface area contributed by atoms with Crippen molar-refractivity contribution in [1.82, 2.24) is 16.0 Å². The molecular formula is C21H28N4O3. The summed E-state index contributed by atoms with van der Waals surface area (Å²) in [5.74, 6) is 2.05. The quantitative estimate of drug-likeness (QED) is 0.351. The van der Waals surface area contributed by atoms with Crippen LogP contribution in [0.25, 0.3) is 0 Å². The summed E-state index contributed by atoms with van der Waals surface area (Å²) in [5.41, 5.74) is 1.66. The lowest BCUT2D eigenvalue weighted by Gasteiger charge is -2.12. The van der Waals surface area contributed by atoms with Crippen LogP contribution in [0.2, 0.25) is 0 Å². The van der Waals surface area contributed by atoms with Crippen molar-refractivity contribution in [1.29, 1.82) is 0 Å². The van der Waals surface area contributed by atoms with Gasteiger partial charge in [-0.05, 0) is 42.8 Å². The van der Waals surface area contributed by atoms with Crippen molar-refractivity contribution in [2.45, 2.75) is 13.5 Å². The van der Waals surface area contributed by atoms with Crippen molar-refractivity contribution in [2.75, 3.05) is 33.9 Å². The molecule has 0 aliphatic carbocycles. The van der Waals surface area contributed by atoms with Crippen LogP contribution in [0, 0.1) is 0 Å². The van der Waals surface area contributed by atoms with Crippen molar-refractivity contribution in [2.24, 2.45) is 4.99 Å². The van der Waals surface area contributed by atoms with Gasteiger partial charge in [0.15, 0.2) is 5.96 Å². The summed E-state index contributed by atoms with van der Waals surface area (Å²) in [6, 6.07) is 14.9. The predicted molar refractivity (Wildman–Crippen MR) is 111 cm³/mol. The highest BCUT2D eigenvalue weighted by Gasteiger charge is 2.06. The molecule has 1 amide bonds. The smallest absolute Gasteiger partial charge is 0.251 e. The molecule has 0 bridgehead atoms. The standard InChI is InChI=1S/C21H28N4O3/c1-4-22-21(25-15-16-8-10-18(27-2)11-9-16)24-13-12-23-20(26)17-6-5-7-19(14-17)28-3/h5-11,14H,4,12-13,15H2,1-3H3,(H,23,26)(H2,22,24,25). The molecule has 0 saturated heterocycles. The maximum absolute atomic E-state index is 12.2. The van der Waals surface area contributed by atoms with Crippen molar-refractivity contribution >= 4 is 11.9 Å². The zero-order valence-electron chi connectivity index (χ0n) is 16.6. The van der Waals surface area contributed by atoms with Crippen LogP contribution >= 0.6 is 0 Å².